The molecule has 0 saturated carbocycles. The molecule has 1 N–H and O–H groups in total. The standard InChI is InChI=1S/C30H36ClN3O6S/c1-5-6-18-32-30(36)22(2)33(20-23-12-10-11-15-26(23)31)29(35)21-34(41(37,38)25-13-8-7-9-14-25)24-16-17-27(39-3)28(19-24)40-4/h7-17,19,22H,5-6,18,20-21H2,1-4H3,(H,32,36)/t22-/m1/s1. The third kappa shape index (κ3) is 7.92. The second-order valence-electron chi connectivity index (χ2n) is 9.30. The second kappa shape index (κ2) is 14.7. The van der Waals surface area contributed by atoms with Crippen LogP contribution in [0, 0.1) is 0 Å². The van der Waals surface area contributed by atoms with Crippen LogP contribution in [0.1, 0.15) is 32.3 Å². The smallest absolute Gasteiger partial charge is 0.264 e. The molecule has 0 aliphatic heterocycles. The molecule has 9 nitrogen and oxygen atoms in total. The van der Waals surface area contributed by atoms with E-state index in [0.717, 1.165) is 17.1 Å². The predicted octanol–water partition coefficient (Wildman–Crippen LogP) is 4.89. The Morgan fingerprint density at radius 1 is 0.951 bits per heavy atom. The lowest BCUT2D eigenvalue weighted by molar-refractivity contribution is -0.139. The van der Waals surface area contributed by atoms with Crippen molar-refractivity contribution in [1.82, 2.24) is 10.2 Å². The summed E-state index contributed by atoms with van der Waals surface area (Å²) in [6, 6.07) is 18.5. The lowest BCUT2D eigenvalue weighted by atomic mass is 10.1. The van der Waals surface area contributed by atoms with Crippen LogP contribution in [0.4, 0.5) is 5.69 Å². The fourth-order valence-electron chi connectivity index (χ4n) is 4.16. The number of nitrogens with zero attached hydrogens (tertiary/aromatic N) is 2. The van der Waals surface area contributed by atoms with E-state index in [1.165, 1.54) is 43.4 Å². The Kier molecular flexibility index (Phi) is 11.4. The molecule has 0 aliphatic carbocycles. The number of hydrogen-bond donors (Lipinski definition) is 1. The molecule has 2 amide bonds. The predicted molar refractivity (Wildman–Crippen MR) is 160 cm³/mol. The summed E-state index contributed by atoms with van der Waals surface area (Å²) in [6.45, 7) is 3.52. The minimum Gasteiger partial charge on any atom is -0.493 e. The van der Waals surface area contributed by atoms with Crippen molar-refractivity contribution in [3.8, 4) is 11.5 Å². The number of amides is 2. The summed E-state index contributed by atoms with van der Waals surface area (Å²) in [6.07, 6.45) is 1.69. The van der Waals surface area contributed by atoms with Crippen LogP contribution in [-0.2, 0) is 26.2 Å². The Hall–Kier alpha value is -3.76. The number of unbranched alkanes of at least 4 members (excludes halogenated alkanes) is 1. The van der Waals surface area contributed by atoms with E-state index in [1.807, 2.05) is 6.92 Å². The molecule has 0 heterocycles. The molecule has 220 valence electrons. The van der Waals surface area contributed by atoms with Crippen molar-refractivity contribution in [2.24, 2.45) is 0 Å². The average molecular weight is 602 g/mol. The van der Waals surface area contributed by atoms with E-state index in [2.05, 4.69) is 5.32 Å². The molecule has 3 rings (SSSR count). The number of hydrogen-bond acceptors (Lipinski definition) is 6. The van der Waals surface area contributed by atoms with Crippen molar-refractivity contribution in [3.05, 3.63) is 83.4 Å². The molecule has 3 aromatic carbocycles. The van der Waals surface area contributed by atoms with Crippen molar-refractivity contribution in [2.75, 3.05) is 31.6 Å². The Labute approximate surface area is 247 Å². The van der Waals surface area contributed by atoms with Gasteiger partial charge >= 0.3 is 0 Å². The number of carbonyl (C=O) groups excluding carboxylic acids is 2. The van der Waals surface area contributed by atoms with E-state index in [9.17, 15) is 18.0 Å². The number of ether oxygens (including phenoxy) is 2. The molecule has 0 spiro atoms. The maximum atomic E-state index is 14.0. The number of anilines is 1. The van der Waals surface area contributed by atoms with Crippen LogP contribution in [0.5, 0.6) is 11.5 Å². The topological polar surface area (TPSA) is 105 Å². The Balaban J connectivity index is 2.06. The molecular weight excluding hydrogens is 566 g/mol. The summed E-state index contributed by atoms with van der Waals surface area (Å²) in [7, 11) is -1.30. The molecule has 0 fully saturated rings. The van der Waals surface area contributed by atoms with Crippen LogP contribution < -0.4 is 19.1 Å². The normalized spacial score (nSPS) is 11.8. The first-order valence-electron chi connectivity index (χ1n) is 13.2. The number of methoxy groups -OCH3 is 2. The summed E-state index contributed by atoms with van der Waals surface area (Å²) in [4.78, 5) is 28.4. The van der Waals surface area contributed by atoms with Gasteiger partial charge in [-0.25, -0.2) is 8.42 Å². The number of sulfonamides is 1. The second-order valence-corrected chi connectivity index (χ2v) is 11.6. The van der Waals surface area contributed by atoms with Gasteiger partial charge in [-0.1, -0.05) is 61.3 Å². The summed E-state index contributed by atoms with van der Waals surface area (Å²) in [5, 5.41) is 3.29. The lowest BCUT2D eigenvalue weighted by Gasteiger charge is -2.32. The molecule has 3 aromatic rings. The van der Waals surface area contributed by atoms with Gasteiger partial charge < -0.3 is 19.7 Å². The van der Waals surface area contributed by atoms with Crippen molar-refractivity contribution < 1.29 is 27.5 Å². The Bertz CT molecular complexity index is 1440. The third-order valence-corrected chi connectivity index (χ3v) is 8.72. The Morgan fingerprint density at radius 3 is 2.24 bits per heavy atom. The minimum absolute atomic E-state index is 0.00518. The molecule has 0 aliphatic rings. The van der Waals surface area contributed by atoms with Crippen LogP contribution in [0.15, 0.2) is 77.7 Å². The van der Waals surface area contributed by atoms with Crippen LogP contribution >= 0.6 is 11.6 Å². The first-order valence-corrected chi connectivity index (χ1v) is 15.1. The van der Waals surface area contributed by atoms with Crippen molar-refractivity contribution in [2.45, 2.75) is 44.2 Å². The van der Waals surface area contributed by atoms with Crippen LogP contribution in [-0.4, -0.2) is 58.5 Å². The molecule has 0 saturated heterocycles. The number of halogens is 1. The first-order chi connectivity index (χ1) is 19.6. The van der Waals surface area contributed by atoms with Crippen molar-refractivity contribution in [3.63, 3.8) is 0 Å². The van der Waals surface area contributed by atoms with E-state index < -0.39 is 28.5 Å². The molecule has 0 radical (unpaired) electrons. The number of rotatable bonds is 14. The lowest BCUT2D eigenvalue weighted by Crippen LogP contribution is -2.51. The zero-order chi connectivity index (χ0) is 30.0. The first kappa shape index (κ1) is 31.8. The number of carbonyl (C=O) groups is 2. The molecule has 41 heavy (non-hydrogen) atoms. The zero-order valence-corrected chi connectivity index (χ0v) is 25.2. The maximum absolute atomic E-state index is 14.0. The third-order valence-electron chi connectivity index (χ3n) is 6.56. The quantitative estimate of drug-likeness (QED) is 0.264. The highest BCUT2D eigenvalue weighted by molar-refractivity contribution is 7.92. The van der Waals surface area contributed by atoms with Gasteiger partial charge in [-0.3, -0.25) is 13.9 Å². The summed E-state index contributed by atoms with van der Waals surface area (Å²) >= 11 is 6.41. The van der Waals surface area contributed by atoms with Gasteiger partial charge in [0.25, 0.3) is 10.0 Å². The van der Waals surface area contributed by atoms with Gasteiger partial charge in [0.05, 0.1) is 24.8 Å². The zero-order valence-electron chi connectivity index (χ0n) is 23.7. The summed E-state index contributed by atoms with van der Waals surface area (Å²) < 4.78 is 39.6. The van der Waals surface area contributed by atoms with E-state index in [1.54, 1.807) is 55.5 Å². The highest BCUT2D eigenvalue weighted by Gasteiger charge is 2.33. The van der Waals surface area contributed by atoms with Gasteiger partial charge in [0.1, 0.15) is 12.6 Å². The molecule has 11 heteroatoms. The van der Waals surface area contributed by atoms with Crippen molar-refractivity contribution in [1.29, 1.82) is 0 Å². The van der Waals surface area contributed by atoms with Crippen LogP contribution in [0.3, 0.4) is 0 Å². The maximum Gasteiger partial charge on any atom is 0.264 e. The van der Waals surface area contributed by atoms with E-state index in [-0.39, 0.29) is 23.0 Å². The van der Waals surface area contributed by atoms with Crippen molar-refractivity contribution >= 4 is 39.1 Å². The van der Waals surface area contributed by atoms with Gasteiger partial charge in [-0.05, 0) is 49.2 Å². The molecular formula is C30H36ClN3O6S. The van der Waals surface area contributed by atoms with Gasteiger partial charge in [-0.15, -0.1) is 0 Å². The van der Waals surface area contributed by atoms with Gasteiger partial charge in [-0.2, -0.15) is 0 Å². The van der Waals surface area contributed by atoms with E-state index >= 15 is 0 Å². The monoisotopic (exact) mass is 601 g/mol. The minimum atomic E-state index is -4.21. The van der Waals surface area contributed by atoms with Crippen LogP contribution in [0.2, 0.25) is 5.02 Å². The fraction of sp³-hybridized carbons (Fsp3) is 0.333. The molecule has 0 bridgehead atoms. The summed E-state index contributed by atoms with van der Waals surface area (Å²) in [5.41, 5.74) is 0.817. The molecule has 1 atom stereocenters. The van der Waals surface area contributed by atoms with Gasteiger partial charge in [0, 0.05) is 24.2 Å². The molecule has 0 aromatic heterocycles. The van der Waals surface area contributed by atoms with E-state index in [0.29, 0.717) is 28.6 Å². The summed E-state index contributed by atoms with van der Waals surface area (Å²) in [5.74, 6) is -0.237. The SMILES string of the molecule is CCCCNC(=O)[C@@H](C)N(Cc1ccccc1Cl)C(=O)CN(c1ccc(OC)c(OC)c1)S(=O)(=O)c1ccccc1. The largest absolute Gasteiger partial charge is 0.493 e. The van der Waals surface area contributed by atoms with Crippen LogP contribution in [0.25, 0.3) is 0 Å². The number of benzene rings is 3. The average Bonchev–Trinajstić information content (AvgIpc) is 2.99. The fourth-order valence-corrected chi connectivity index (χ4v) is 5.78. The highest BCUT2D eigenvalue weighted by Crippen LogP contribution is 2.34. The Morgan fingerprint density at radius 2 is 1.61 bits per heavy atom. The number of nitrogens with one attached hydrogen (secondary N) is 1. The van der Waals surface area contributed by atoms with Gasteiger partial charge in [0.15, 0.2) is 11.5 Å². The molecule has 0 unspecified atom stereocenters. The van der Waals surface area contributed by atoms with Gasteiger partial charge in [0.2, 0.25) is 11.8 Å². The van der Waals surface area contributed by atoms with E-state index in [4.69, 9.17) is 21.1 Å². The highest BCUT2D eigenvalue weighted by atomic mass is 35.5.